The summed E-state index contributed by atoms with van der Waals surface area (Å²) in [6, 6.07) is 31.9. The second kappa shape index (κ2) is 15.1. The lowest BCUT2D eigenvalue weighted by Crippen LogP contribution is -2.40. The summed E-state index contributed by atoms with van der Waals surface area (Å²) in [6.45, 7) is 8.86. The summed E-state index contributed by atoms with van der Waals surface area (Å²) in [7, 11) is 6.72. The molecule has 0 amide bonds. The minimum Gasteiger partial charge on any atom is -0.497 e. The highest BCUT2D eigenvalue weighted by Crippen LogP contribution is 2.49. The highest BCUT2D eigenvalue weighted by atomic mass is 16.5. The lowest BCUT2D eigenvalue weighted by molar-refractivity contribution is 0.0796. The van der Waals surface area contributed by atoms with Crippen molar-refractivity contribution in [1.29, 1.82) is 0 Å². The van der Waals surface area contributed by atoms with Crippen LogP contribution in [0, 0.1) is 11.8 Å². The summed E-state index contributed by atoms with van der Waals surface area (Å²) < 4.78 is 37.2. The van der Waals surface area contributed by atoms with Gasteiger partial charge >= 0.3 is 0 Å². The fourth-order valence-electron chi connectivity index (χ4n) is 7.47. The fraction of sp³-hybridized carbons (Fsp3) is 0.395. The Kier molecular flexibility index (Phi) is 10.6. The number of hydrogen-bond donors (Lipinski definition) is 0. The van der Waals surface area contributed by atoms with Gasteiger partial charge in [-0.3, -0.25) is 0 Å². The van der Waals surface area contributed by atoms with Gasteiger partial charge in [-0.2, -0.15) is 0 Å². The van der Waals surface area contributed by atoms with Gasteiger partial charge in [-0.25, -0.2) is 9.98 Å². The largest absolute Gasteiger partial charge is 0.497 e. The van der Waals surface area contributed by atoms with Crippen molar-refractivity contribution in [1.82, 2.24) is 0 Å². The van der Waals surface area contributed by atoms with Crippen molar-refractivity contribution in [3.05, 3.63) is 119 Å². The summed E-state index contributed by atoms with van der Waals surface area (Å²) in [6.07, 6.45) is 1.87. The van der Waals surface area contributed by atoms with E-state index in [0.717, 1.165) is 58.1 Å². The van der Waals surface area contributed by atoms with Crippen molar-refractivity contribution in [3.63, 3.8) is 0 Å². The molecular formula is C43H50N2O6. The summed E-state index contributed by atoms with van der Waals surface area (Å²) in [5.41, 5.74) is 1.94. The van der Waals surface area contributed by atoms with E-state index in [9.17, 15) is 0 Å². The van der Waals surface area contributed by atoms with Crippen LogP contribution in [0.25, 0.3) is 0 Å². The summed E-state index contributed by atoms with van der Waals surface area (Å²) in [5.74, 6) is 4.82. The van der Waals surface area contributed by atoms with Gasteiger partial charge in [-0.05, 0) is 73.2 Å². The van der Waals surface area contributed by atoms with Crippen LogP contribution in [0.3, 0.4) is 0 Å². The molecule has 0 spiro atoms. The predicted molar refractivity (Wildman–Crippen MR) is 202 cm³/mol. The van der Waals surface area contributed by atoms with Gasteiger partial charge in [0.15, 0.2) is 23.0 Å². The van der Waals surface area contributed by atoms with Crippen LogP contribution in [-0.2, 0) is 20.7 Å². The van der Waals surface area contributed by atoms with Crippen LogP contribution >= 0.6 is 0 Å². The first-order valence-electron chi connectivity index (χ1n) is 17.7. The zero-order valence-electron chi connectivity index (χ0n) is 31.0. The standard InChI is InChI=1S/C43H50N2O6/c1-28(2)21-38-42(30-13-9-17-34(23-30)46-5,31-14-10-18-35(24-31)47-6)50-40(44-38)27-41-45-39(22-29(3)4)43(51-41,32-15-11-19-36(25-32)48-7)33-16-12-20-37(26-33)49-8/h9-20,23-26,28-29,38-39H,21-22,27H2,1-8H3/t38-,39-/m1/s1. The number of rotatable bonds is 14. The van der Waals surface area contributed by atoms with Crippen LogP contribution in [0.2, 0.25) is 0 Å². The molecule has 0 radical (unpaired) electrons. The Bertz CT molecular complexity index is 1650. The summed E-state index contributed by atoms with van der Waals surface area (Å²) in [4.78, 5) is 10.7. The molecule has 2 aliphatic rings. The smallest absolute Gasteiger partial charge is 0.194 e. The summed E-state index contributed by atoms with van der Waals surface area (Å²) in [5, 5.41) is 0. The van der Waals surface area contributed by atoms with E-state index >= 15 is 0 Å². The number of methoxy groups -OCH3 is 4. The zero-order chi connectivity index (χ0) is 36.2. The Hall–Kier alpha value is -4.98. The second-order valence-corrected chi connectivity index (χ2v) is 14.1. The third-order valence-corrected chi connectivity index (χ3v) is 9.78. The van der Waals surface area contributed by atoms with Crippen molar-refractivity contribution in [2.75, 3.05) is 28.4 Å². The molecule has 2 atom stereocenters. The maximum absolute atomic E-state index is 7.20. The molecule has 0 saturated heterocycles. The zero-order valence-corrected chi connectivity index (χ0v) is 31.0. The molecule has 0 N–H and O–H groups in total. The normalized spacial score (nSPS) is 18.9. The van der Waals surface area contributed by atoms with Crippen LogP contribution in [0.4, 0.5) is 0 Å². The molecule has 6 rings (SSSR count). The Morgan fingerprint density at radius 3 is 1.06 bits per heavy atom. The van der Waals surface area contributed by atoms with Crippen molar-refractivity contribution < 1.29 is 28.4 Å². The Morgan fingerprint density at radius 1 is 0.510 bits per heavy atom. The van der Waals surface area contributed by atoms with Crippen LogP contribution in [0.15, 0.2) is 107 Å². The topological polar surface area (TPSA) is 80.1 Å². The minimum absolute atomic E-state index is 0.235. The Labute approximate surface area is 302 Å². The maximum atomic E-state index is 7.20. The van der Waals surface area contributed by atoms with Crippen LogP contribution in [0.5, 0.6) is 23.0 Å². The Morgan fingerprint density at radius 2 is 0.804 bits per heavy atom. The number of benzene rings is 4. The van der Waals surface area contributed by atoms with E-state index in [4.69, 9.17) is 38.4 Å². The number of aliphatic imine (C=N–C) groups is 2. The van der Waals surface area contributed by atoms with Gasteiger partial charge in [0.1, 0.15) is 35.1 Å². The maximum Gasteiger partial charge on any atom is 0.194 e. The highest BCUT2D eigenvalue weighted by Gasteiger charge is 2.53. The average molecular weight is 691 g/mol. The van der Waals surface area contributed by atoms with Crippen molar-refractivity contribution in [2.45, 2.75) is 70.2 Å². The lowest BCUT2D eigenvalue weighted by atomic mass is 9.77. The van der Waals surface area contributed by atoms with E-state index in [0.29, 0.717) is 23.6 Å². The van der Waals surface area contributed by atoms with E-state index < -0.39 is 11.2 Å². The van der Waals surface area contributed by atoms with Crippen molar-refractivity contribution in [3.8, 4) is 23.0 Å². The molecule has 2 aliphatic heterocycles. The van der Waals surface area contributed by atoms with E-state index in [1.807, 2.05) is 72.8 Å². The molecule has 51 heavy (non-hydrogen) atoms. The van der Waals surface area contributed by atoms with Crippen molar-refractivity contribution >= 4 is 11.8 Å². The van der Waals surface area contributed by atoms with E-state index in [-0.39, 0.29) is 18.5 Å². The third kappa shape index (κ3) is 7.01. The second-order valence-electron chi connectivity index (χ2n) is 14.1. The molecule has 4 aromatic rings. The van der Waals surface area contributed by atoms with Gasteiger partial charge in [0.2, 0.25) is 0 Å². The lowest BCUT2D eigenvalue weighted by Gasteiger charge is -2.36. The van der Waals surface area contributed by atoms with Gasteiger partial charge in [0.05, 0.1) is 34.9 Å². The molecule has 0 fully saturated rings. The van der Waals surface area contributed by atoms with Crippen LogP contribution < -0.4 is 18.9 Å². The molecule has 0 saturated carbocycles. The van der Waals surface area contributed by atoms with E-state index in [1.54, 1.807) is 28.4 Å². The van der Waals surface area contributed by atoms with Gasteiger partial charge in [0, 0.05) is 22.3 Å². The first-order valence-corrected chi connectivity index (χ1v) is 17.7. The molecule has 268 valence electrons. The van der Waals surface area contributed by atoms with E-state index in [1.165, 1.54) is 0 Å². The quantitative estimate of drug-likeness (QED) is 0.131. The molecule has 8 nitrogen and oxygen atoms in total. The third-order valence-electron chi connectivity index (χ3n) is 9.78. The average Bonchev–Trinajstić information content (AvgIpc) is 3.69. The van der Waals surface area contributed by atoms with E-state index in [2.05, 4.69) is 52.0 Å². The Balaban J connectivity index is 1.46. The minimum atomic E-state index is -0.935. The van der Waals surface area contributed by atoms with Gasteiger partial charge in [0.25, 0.3) is 0 Å². The number of ether oxygens (including phenoxy) is 6. The molecule has 4 aromatic carbocycles. The highest BCUT2D eigenvalue weighted by molar-refractivity contribution is 5.99. The molecule has 8 heteroatoms. The van der Waals surface area contributed by atoms with Crippen molar-refractivity contribution in [2.24, 2.45) is 21.8 Å². The molecule has 0 aromatic heterocycles. The van der Waals surface area contributed by atoms with Gasteiger partial charge in [-0.1, -0.05) is 76.2 Å². The molecule has 0 bridgehead atoms. The van der Waals surface area contributed by atoms with Gasteiger partial charge in [-0.15, -0.1) is 0 Å². The predicted octanol–water partition coefficient (Wildman–Crippen LogP) is 8.99. The number of hydrogen-bond acceptors (Lipinski definition) is 8. The first kappa shape index (κ1) is 35.8. The SMILES string of the molecule is COc1cccc(C2(c3cccc(OC)c3)OC(CC3=N[C@H](CC(C)C)C(c4cccc(OC)c4)(c4cccc(OC)c4)O3)=N[C@@H]2CC(C)C)c1. The molecular weight excluding hydrogens is 640 g/mol. The monoisotopic (exact) mass is 690 g/mol. The fourth-order valence-corrected chi connectivity index (χ4v) is 7.47. The summed E-state index contributed by atoms with van der Waals surface area (Å²) >= 11 is 0. The number of nitrogens with zero attached hydrogens (tertiary/aromatic N) is 2. The van der Waals surface area contributed by atoms with Crippen LogP contribution in [0.1, 0.15) is 69.2 Å². The van der Waals surface area contributed by atoms with Gasteiger partial charge < -0.3 is 28.4 Å². The molecule has 0 unspecified atom stereocenters. The first-order chi connectivity index (χ1) is 24.6. The molecule has 2 heterocycles. The van der Waals surface area contributed by atoms with Crippen LogP contribution in [-0.4, -0.2) is 52.3 Å². The molecule has 0 aliphatic carbocycles.